The number of anilines is 1. The van der Waals surface area contributed by atoms with Crippen molar-refractivity contribution in [3.05, 3.63) is 57.6 Å². The van der Waals surface area contributed by atoms with Crippen LogP contribution in [0.15, 0.2) is 36.4 Å². The summed E-state index contributed by atoms with van der Waals surface area (Å²) in [4.78, 5) is 52.6. The number of fused-ring (bicyclic) bond motifs is 1. The molecule has 11 nitrogen and oxygen atoms in total. The Balaban J connectivity index is 1.61. The predicted molar refractivity (Wildman–Crippen MR) is 121 cm³/mol. The molecule has 4 rings (SSSR count). The van der Waals surface area contributed by atoms with Crippen LogP contribution in [-0.2, 0) is 22.4 Å². The number of carbonyl (C=O) groups is 3. The van der Waals surface area contributed by atoms with Crippen LogP contribution in [0.2, 0.25) is 0 Å². The number of amides is 4. The van der Waals surface area contributed by atoms with Crippen LogP contribution in [0.25, 0.3) is 0 Å². The van der Waals surface area contributed by atoms with E-state index in [1.165, 1.54) is 26.4 Å². The summed E-state index contributed by atoms with van der Waals surface area (Å²) in [6.45, 7) is 0.0866. The van der Waals surface area contributed by atoms with Gasteiger partial charge in [-0.1, -0.05) is 6.07 Å². The van der Waals surface area contributed by atoms with E-state index in [2.05, 4.69) is 5.32 Å². The van der Waals surface area contributed by atoms with Crippen molar-refractivity contribution in [1.29, 1.82) is 0 Å². The van der Waals surface area contributed by atoms with Crippen LogP contribution >= 0.6 is 0 Å². The second-order valence-electron chi connectivity index (χ2n) is 8.34. The van der Waals surface area contributed by atoms with E-state index in [1.807, 2.05) is 0 Å². The van der Waals surface area contributed by atoms with Crippen LogP contribution in [0.4, 0.5) is 16.2 Å². The number of carbonyl (C=O) groups excluding carboxylic acids is 3. The zero-order valence-corrected chi connectivity index (χ0v) is 19.0. The van der Waals surface area contributed by atoms with E-state index < -0.39 is 28.2 Å². The van der Waals surface area contributed by atoms with Crippen LogP contribution in [-0.4, -0.2) is 62.0 Å². The number of rotatable bonds is 6. The summed E-state index contributed by atoms with van der Waals surface area (Å²) in [5, 5.41) is 13.5. The number of nitrogens with zero attached hydrogens (tertiary/aromatic N) is 3. The number of hydrogen-bond acceptors (Lipinski definition) is 8. The molecule has 2 aliphatic rings. The predicted octanol–water partition coefficient (Wildman–Crippen LogP) is 1.91. The molecule has 0 aromatic heterocycles. The molecule has 4 amide bonds. The molecule has 1 atom stereocenters. The zero-order valence-electron chi connectivity index (χ0n) is 19.0. The lowest BCUT2D eigenvalue weighted by atomic mass is 9.74. The Morgan fingerprint density at radius 3 is 2.50 bits per heavy atom. The molecule has 1 N–H and O–H groups in total. The lowest BCUT2D eigenvalue weighted by Crippen LogP contribution is -2.68. The maximum atomic E-state index is 13.6. The first kappa shape index (κ1) is 23.0. The molecule has 0 bridgehead atoms. The van der Waals surface area contributed by atoms with Crippen molar-refractivity contribution >= 4 is 29.2 Å². The SMILES string of the molecule is COc1ccc(CCN2C(=O)NC(=O)[C@]3(Cc4cc([N+](=O)[O-])ccc4N(C)C3)C2=O)cc1OC. The quantitative estimate of drug-likeness (QED) is 0.386. The topological polar surface area (TPSA) is 131 Å². The van der Waals surface area contributed by atoms with Gasteiger partial charge in [-0.05, 0) is 42.2 Å². The lowest BCUT2D eigenvalue weighted by molar-refractivity contribution is -0.384. The van der Waals surface area contributed by atoms with Crippen molar-refractivity contribution < 1.29 is 28.8 Å². The molecule has 0 saturated carbocycles. The third kappa shape index (κ3) is 3.78. The normalized spacial score (nSPS) is 19.7. The van der Waals surface area contributed by atoms with Gasteiger partial charge in [0.2, 0.25) is 11.8 Å². The highest BCUT2D eigenvalue weighted by atomic mass is 16.6. The van der Waals surface area contributed by atoms with E-state index in [9.17, 15) is 24.5 Å². The number of barbiturate groups is 1. The van der Waals surface area contributed by atoms with E-state index >= 15 is 0 Å². The van der Waals surface area contributed by atoms with E-state index in [0.717, 1.165) is 10.5 Å². The average Bonchev–Trinajstić information content (AvgIpc) is 2.82. The molecule has 34 heavy (non-hydrogen) atoms. The molecule has 2 aliphatic heterocycles. The summed E-state index contributed by atoms with van der Waals surface area (Å²) in [7, 11) is 4.75. The summed E-state index contributed by atoms with van der Waals surface area (Å²) in [5.41, 5.74) is 0.314. The average molecular weight is 468 g/mol. The number of methoxy groups -OCH3 is 2. The van der Waals surface area contributed by atoms with Crippen LogP contribution in [0.3, 0.4) is 0 Å². The Labute approximate surface area is 195 Å². The van der Waals surface area contributed by atoms with Crippen LogP contribution in [0.5, 0.6) is 11.5 Å². The van der Waals surface area contributed by atoms with E-state index in [4.69, 9.17) is 9.47 Å². The fourth-order valence-electron chi connectivity index (χ4n) is 4.58. The van der Waals surface area contributed by atoms with Gasteiger partial charge in [-0.2, -0.15) is 0 Å². The Hall–Kier alpha value is -4.15. The highest BCUT2D eigenvalue weighted by Crippen LogP contribution is 2.40. The van der Waals surface area contributed by atoms with Crippen molar-refractivity contribution in [3.8, 4) is 11.5 Å². The molecule has 0 unspecified atom stereocenters. The number of ether oxygens (including phenoxy) is 2. The van der Waals surface area contributed by atoms with Gasteiger partial charge in [0.05, 0.1) is 19.1 Å². The third-order valence-electron chi connectivity index (χ3n) is 6.31. The van der Waals surface area contributed by atoms with Gasteiger partial charge >= 0.3 is 6.03 Å². The highest BCUT2D eigenvalue weighted by molar-refractivity contribution is 6.20. The van der Waals surface area contributed by atoms with E-state index in [-0.39, 0.29) is 25.2 Å². The first-order chi connectivity index (χ1) is 16.2. The van der Waals surface area contributed by atoms with Gasteiger partial charge in [-0.3, -0.25) is 29.9 Å². The molecule has 0 aliphatic carbocycles. The minimum atomic E-state index is -1.57. The maximum absolute atomic E-state index is 13.6. The maximum Gasteiger partial charge on any atom is 0.330 e. The van der Waals surface area contributed by atoms with Crippen LogP contribution < -0.4 is 19.7 Å². The second kappa shape index (κ2) is 8.65. The molecule has 178 valence electrons. The van der Waals surface area contributed by atoms with Crippen molar-refractivity contribution in [2.24, 2.45) is 5.41 Å². The fraction of sp³-hybridized carbons (Fsp3) is 0.348. The number of hydrogen-bond donors (Lipinski definition) is 1. The Morgan fingerprint density at radius 2 is 1.82 bits per heavy atom. The van der Waals surface area contributed by atoms with Gasteiger partial charge in [-0.15, -0.1) is 0 Å². The Morgan fingerprint density at radius 1 is 1.09 bits per heavy atom. The van der Waals surface area contributed by atoms with E-state index in [0.29, 0.717) is 29.2 Å². The van der Waals surface area contributed by atoms with Crippen molar-refractivity contribution in [2.45, 2.75) is 12.8 Å². The van der Waals surface area contributed by atoms with Gasteiger partial charge < -0.3 is 14.4 Å². The number of imide groups is 2. The second-order valence-corrected chi connectivity index (χ2v) is 8.34. The number of nitro benzene ring substituents is 1. The van der Waals surface area contributed by atoms with Crippen molar-refractivity contribution in [3.63, 3.8) is 0 Å². The number of nitro groups is 1. The largest absolute Gasteiger partial charge is 0.493 e. The smallest absolute Gasteiger partial charge is 0.330 e. The number of non-ortho nitro benzene ring substituents is 1. The Kier molecular flexibility index (Phi) is 5.86. The highest BCUT2D eigenvalue weighted by Gasteiger charge is 2.56. The molecular weight excluding hydrogens is 444 g/mol. The molecule has 0 radical (unpaired) electrons. The van der Waals surface area contributed by atoms with E-state index in [1.54, 1.807) is 36.2 Å². The summed E-state index contributed by atoms with van der Waals surface area (Å²) >= 11 is 0. The molecule has 1 spiro atoms. The molecular formula is C23H24N4O7. The van der Waals surface area contributed by atoms with Gasteiger partial charge in [0.1, 0.15) is 5.41 Å². The zero-order chi connectivity index (χ0) is 24.6. The first-order valence-electron chi connectivity index (χ1n) is 10.6. The minimum Gasteiger partial charge on any atom is -0.493 e. The van der Waals surface area contributed by atoms with Crippen molar-refractivity contribution in [2.75, 3.05) is 39.3 Å². The number of benzene rings is 2. The standard InChI is InChI=1S/C23H24N4O7/c1-25-13-23(12-15-11-16(27(31)32)5-6-17(15)25)20(28)24-22(30)26(21(23)29)9-8-14-4-7-18(33-2)19(10-14)34-3/h4-7,10-11H,8-9,12-13H2,1-3H3,(H,24,28,30)/t23-/m1/s1. The van der Waals surface area contributed by atoms with Gasteiger partial charge in [0, 0.05) is 38.0 Å². The minimum absolute atomic E-state index is 0.0423. The summed E-state index contributed by atoms with van der Waals surface area (Å²) < 4.78 is 10.5. The van der Waals surface area contributed by atoms with Crippen LogP contribution in [0.1, 0.15) is 11.1 Å². The first-order valence-corrected chi connectivity index (χ1v) is 10.6. The van der Waals surface area contributed by atoms with Gasteiger partial charge in [-0.25, -0.2) is 4.79 Å². The fourth-order valence-corrected chi connectivity index (χ4v) is 4.58. The van der Waals surface area contributed by atoms with Gasteiger partial charge in [0.15, 0.2) is 11.5 Å². The molecule has 1 fully saturated rings. The Bertz CT molecular complexity index is 1200. The molecule has 2 aromatic carbocycles. The summed E-state index contributed by atoms with van der Waals surface area (Å²) in [5.74, 6) is -0.242. The third-order valence-corrected chi connectivity index (χ3v) is 6.31. The van der Waals surface area contributed by atoms with Crippen LogP contribution in [0, 0.1) is 15.5 Å². The summed E-state index contributed by atoms with van der Waals surface area (Å²) in [6.07, 6.45) is 0.293. The molecule has 2 aromatic rings. The van der Waals surface area contributed by atoms with Gasteiger partial charge in [0.25, 0.3) is 5.69 Å². The van der Waals surface area contributed by atoms with Crippen molar-refractivity contribution in [1.82, 2.24) is 10.2 Å². The monoisotopic (exact) mass is 468 g/mol. The molecule has 2 heterocycles. The molecule has 1 saturated heterocycles. The number of nitrogens with one attached hydrogen (secondary N) is 1. The molecule has 11 heteroatoms. The number of urea groups is 1. The summed E-state index contributed by atoms with van der Waals surface area (Å²) in [6, 6.07) is 8.87. The lowest BCUT2D eigenvalue weighted by Gasteiger charge is -2.45.